The van der Waals surface area contributed by atoms with Gasteiger partial charge < -0.3 is 11.5 Å². The van der Waals surface area contributed by atoms with Crippen molar-refractivity contribution in [2.75, 3.05) is 5.73 Å². The van der Waals surface area contributed by atoms with Gasteiger partial charge in [-0.2, -0.15) is 13.2 Å². The maximum Gasteiger partial charge on any atom is 0.418 e. The minimum absolute atomic E-state index is 0.0213. The van der Waals surface area contributed by atoms with Crippen LogP contribution in [0.3, 0.4) is 0 Å². The zero-order valence-corrected chi connectivity index (χ0v) is 7.78. The molecule has 14 heavy (non-hydrogen) atoms. The van der Waals surface area contributed by atoms with Gasteiger partial charge in [0.1, 0.15) is 0 Å². The Morgan fingerprint density at radius 3 is 2.29 bits per heavy atom. The Kier molecular flexibility index (Phi) is 2.92. The van der Waals surface area contributed by atoms with Gasteiger partial charge in [-0.25, -0.2) is 0 Å². The number of halogens is 4. The summed E-state index contributed by atoms with van der Waals surface area (Å²) in [6.45, 7) is -0.0739. The van der Waals surface area contributed by atoms with Gasteiger partial charge in [-0.05, 0) is 17.7 Å². The number of hydrogen-bond donors (Lipinski definition) is 2. The Bertz CT molecular complexity index is 349. The molecule has 0 aliphatic carbocycles. The lowest BCUT2D eigenvalue weighted by molar-refractivity contribution is -0.136. The number of rotatable bonds is 1. The first kappa shape index (κ1) is 11.1. The molecule has 0 aliphatic heterocycles. The van der Waals surface area contributed by atoms with Crippen molar-refractivity contribution < 1.29 is 13.2 Å². The van der Waals surface area contributed by atoms with Crippen molar-refractivity contribution in [3.05, 3.63) is 28.3 Å². The van der Waals surface area contributed by atoms with E-state index in [4.69, 9.17) is 23.1 Å². The monoisotopic (exact) mass is 224 g/mol. The van der Waals surface area contributed by atoms with Gasteiger partial charge in [-0.3, -0.25) is 0 Å². The van der Waals surface area contributed by atoms with Gasteiger partial charge in [0.05, 0.1) is 5.56 Å². The summed E-state index contributed by atoms with van der Waals surface area (Å²) in [7, 11) is 0. The van der Waals surface area contributed by atoms with E-state index in [0.29, 0.717) is 0 Å². The van der Waals surface area contributed by atoms with Crippen LogP contribution in [0.15, 0.2) is 12.1 Å². The molecular formula is C8H8ClF3N2. The van der Waals surface area contributed by atoms with Gasteiger partial charge in [0.15, 0.2) is 0 Å². The van der Waals surface area contributed by atoms with Crippen LogP contribution in [0.25, 0.3) is 0 Å². The lowest BCUT2D eigenvalue weighted by Gasteiger charge is -2.13. The fraction of sp³-hybridized carbons (Fsp3) is 0.250. The molecule has 0 aromatic heterocycles. The van der Waals surface area contributed by atoms with Gasteiger partial charge >= 0.3 is 6.18 Å². The Morgan fingerprint density at radius 2 is 1.86 bits per heavy atom. The van der Waals surface area contributed by atoms with Crippen molar-refractivity contribution in [1.29, 1.82) is 0 Å². The lowest BCUT2D eigenvalue weighted by Crippen LogP contribution is -2.12. The Balaban J connectivity index is 3.37. The second kappa shape index (κ2) is 3.67. The van der Waals surface area contributed by atoms with Crippen molar-refractivity contribution in [3.63, 3.8) is 0 Å². The van der Waals surface area contributed by atoms with E-state index in [9.17, 15) is 13.2 Å². The van der Waals surface area contributed by atoms with E-state index in [0.717, 1.165) is 6.07 Å². The molecule has 0 saturated carbocycles. The Hall–Kier alpha value is -0.940. The molecule has 0 bridgehead atoms. The third kappa shape index (κ3) is 2.10. The molecular weight excluding hydrogens is 217 g/mol. The molecule has 1 rings (SSSR count). The molecule has 0 amide bonds. The molecule has 6 heteroatoms. The first-order valence-electron chi connectivity index (χ1n) is 3.71. The third-order valence-corrected chi connectivity index (χ3v) is 1.97. The maximum atomic E-state index is 12.4. The van der Waals surface area contributed by atoms with E-state index in [-0.39, 0.29) is 22.8 Å². The second-order valence-electron chi connectivity index (χ2n) is 2.73. The highest BCUT2D eigenvalue weighted by atomic mass is 35.5. The molecule has 0 fully saturated rings. The average Bonchev–Trinajstić information content (AvgIpc) is 2.06. The summed E-state index contributed by atoms with van der Waals surface area (Å²) >= 11 is 5.50. The lowest BCUT2D eigenvalue weighted by atomic mass is 10.1. The summed E-state index contributed by atoms with van der Waals surface area (Å²) in [6.07, 6.45) is -4.50. The quantitative estimate of drug-likeness (QED) is 0.720. The number of benzene rings is 1. The van der Waals surface area contributed by atoms with Crippen molar-refractivity contribution in [2.24, 2.45) is 5.73 Å². The SMILES string of the molecule is NCc1cc(Cl)cc(C(F)(F)F)c1N. The molecule has 0 heterocycles. The summed E-state index contributed by atoms with van der Waals surface area (Å²) < 4.78 is 37.1. The highest BCUT2D eigenvalue weighted by Gasteiger charge is 2.34. The summed E-state index contributed by atoms with van der Waals surface area (Å²) in [5, 5.41) is -0.0213. The zero-order valence-electron chi connectivity index (χ0n) is 7.03. The van der Waals surface area contributed by atoms with Crippen molar-refractivity contribution in [1.82, 2.24) is 0 Å². The van der Waals surface area contributed by atoms with Crippen LogP contribution in [0.4, 0.5) is 18.9 Å². The van der Waals surface area contributed by atoms with E-state index in [2.05, 4.69) is 0 Å². The van der Waals surface area contributed by atoms with Crippen LogP contribution in [0, 0.1) is 0 Å². The van der Waals surface area contributed by atoms with E-state index >= 15 is 0 Å². The number of anilines is 1. The number of hydrogen-bond acceptors (Lipinski definition) is 2. The van der Waals surface area contributed by atoms with Crippen LogP contribution in [0.2, 0.25) is 5.02 Å². The van der Waals surface area contributed by atoms with Crippen LogP contribution < -0.4 is 11.5 Å². The summed E-state index contributed by atoms with van der Waals surface area (Å²) in [5.41, 5.74) is 9.42. The normalized spacial score (nSPS) is 11.8. The first-order valence-corrected chi connectivity index (χ1v) is 4.09. The minimum Gasteiger partial charge on any atom is -0.398 e. The number of nitrogens with two attached hydrogens (primary N) is 2. The van der Waals surface area contributed by atoms with Crippen molar-refractivity contribution in [2.45, 2.75) is 12.7 Å². The molecule has 0 radical (unpaired) electrons. The summed E-state index contributed by atoms with van der Waals surface area (Å²) in [5.74, 6) is 0. The second-order valence-corrected chi connectivity index (χ2v) is 3.16. The highest BCUT2D eigenvalue weighted by molar-refractivity contribution is 6.30. The van der Waals surface area contributed by atoms with Crippen LogP contribution >= 0.6 is 11.6 Å². The molecule has 4 N–H and O–H groups in total. The first-order chi connectivity index (χ1) is 6.36. The minimum atomic E-state index is -4.50. The van der Waals surface area contributed by atoms with E-state index in [1.807, 2.05) is 0 Å². The van der Waals surface area contributed by atoms with Crippen LogP contribution in [-0.2, 0) is 12.7 Å². The van der Waals surface area contributed by atoms with Crippen LogP contribution in [-0.4, -0.2) is 0 Å². The van der Waals surface area contributed by atoms with Gasteiger partial charge in [0.2, 0.25) is 0 Å². The Morgan fingerprint density at radius 1 is 1.29 bits per heavy atom. The maximum absolute atomic E-state index is 12.4. The van der Waals surface area contributed by atoms with Crippen LogP contribution in [0.1, 0.15) is 11.1 Å². The van der Waals surface area contributed by atoms with Crippen molar-refractivity contribution >= 4 is 17.3 Å². The Labute approximate surface area is 83.6 Å². The predicted molar refractivity (Wildman–Crippen MR) is 48.8 cm³/mol. The molecule has 78 valence electrons. The van der Waals surface area contributed by atoms with Crippen LogP contribution in [0.5, 0.6) is 0 Å². The van der Waals surface area contributed by atoms with Crippen molar-refractivity contribution in [3.8, 4) is 0 Å². The molecule has 2 nitrogen and oxygen atoms in total. The number of alkyl halides is 3. The third-order valence-electron chi connectivity index (χ3n) is 1.76. The fourth-order valence-corrected chi connectivity index (χ4v) is 1.32. The largest absolute Gasteiger partial charge is 0.418 e. The van der Waals surface area contributed by atoms with E-state index in [1.165, 1.54) is 6.07 Å². The highest BCUT2D eigenvalue weighted by Crippen LogP contribution is 2.36. The van der Waals surface area contributed by atoms with E-state index < -0.39 is 11.7 Å². The molecule has 0 aliphatic rings. The molecule has 0 spiro atoms. The van der Waals surface area contributed by atoms with Gasteiger partial charge in [-0.1, -0.05) is 11.6 Å². The standard InChI is InChI=1S/C8H8ClF3N2/c9-5-1-4(3-13)7(14)6(2-5)8(10,11)12/h1-2H,3,13-14H2. The summed E-state index contributed by atoms with van der Waals surface area (Å²) in [4.78, 5) is 0. The molecule has 0 saturated heterocycles. The molecule has 0 atom stereocenters. The molecule has 1 aromatic rings. The fourth-order valence-electron chi connectivity index (χ4n) is 1.08. The number of nitrogen functional groups attached to an aromatic ring is 1. The van der Waals surface area contributed by atoms with Gasteiger partial charge in [0, 0.05) is 17.3 Å². The molecule has 0 unspecified atom stereocenters. The van der Waals surface area contributed by atoms with Gasteiger partial charge in [0.25, 0.3) is 0 Å². The average molecular weight is 225 g/mol. The topological polar surface area (TPSA) is 52.0 Å². The molecule has 1 aromatic carbocycles. The summed E-state index contributed by atoms with van der Waals surface area (Å²) in [6, 6.07) is 2.11. The zero-order chi connectivity index (χ0) is 10.9. The smallest absolute Gasteiger partial charge is 0.398 e. The van der Waals surface area contributed by atoms with E-state index in [1.54, 1.807) is 0 Å². The predicted octanol–water partition coefficient (Wildman–Crippen LogP) is 2.40. The van der Waals surface area contributed by atoms with Gasteiger partial charge in [-0.15, -0.1) is 0 Å².